The van der Waals surface area contributed by atoms with E-state index in [1.54, 1.807) is 24.3 Å². The molecule has 0 bridgehead atoms. The Hall–Kier alpha value is -2.80. The molecular formula is C22H22F3NO3. The van der Waals surface area contributed by atoms with Gasteiger partial charge in [-0.3, -0.25) is 4.79 Å². The highest BCUT2D eigenvalue weighted by atomic mass is 19.4. The minimum absolute atomic E-state index is 0.0121. The molecule has 0 spiro atoms. The number of hydrogen-bond acceptors (Lipinski definition) is 3. The largest absolute Gasteiger partial charge is 0.508 e. The van der Waals surface area contributed by atoms with Crippen molar-refractivity contribution >= 4 is 11.5 Å². The molecule has 1 unspecified atom stereocenters. The number of hydrogen-bond donors (Lipinski definition) is 1. The molecule has 4 nitrogen and oxygen atoms in total. The number of aromatic hydroxyl groups is 1. The lowest BCUT2D eigenvalue weighted by atomic mass is 10.0. The van der Waals surface area contributed by atoms with Gasteiger partial charge in [-0.25, -0.2) is 0 Å². The van der Waals surface area contributed by atoms with E-state index in [0.29, 0.717) is 18.2 Å². The number of amides is 1. The smallest absolute Gasteiger partial charge is 0.417 e. The van der Waals surface area contributed by atoms with Gasteiger partial charge >= 0.3 is 6.18 Å². The average molecular weight is 405 g/mol. The second kappa shape index (κ2) is 9.13. The molecule has 1 amide bonds. The van der Waals surface area contributed by atoms with Gasteiger partial charge in [0.15, 0.2) is 0 Å². The maximum Gasteiger partial charge on any atom is 0.417 e. The van der Waals surface area contributed by atoms with Crippen molar-refractivity contribution in [1.29, 1.82) is 0 Å². The molecule has 1 N–H and O–H groups in total. The second-order valence-corrected chi connectivity index (χ2v) is 6.90. The van der Waals surface area contributed by atoms with E-state index < -0.39 is 17.7 Å². The number of phenolic OH excluding ortho intramolecular Hbond substituents is 1. The number of benzene rings is 2. The van der Waals surface area contributed by atoms with Gasteiger partial charge in [0.2, 0.25) is 5.91 Å². The zero-order valence-corrected chi connectivity index (χ0v) is 15.7. The number of para-hydroxylation sites is 1. The van der Waals surface area contributed by atoms with Crippen molar-refractivity contribution in [1.82, 2.24) is 4.90 Å². The van der Waals surface area contributed by atoms with E-state index in [4.69, 9.17) is 4.74 Å². The monoisotopic (exact) mass is 405 g/mol. The standard InChI is InChI=1S/C22H22F3NO3/c23-22(24,25)19(16-7-2-1-3-8-16)13-21(28)26(15-18-10-6-12-29-18)14-17-9-4-5-11-20(17)27/h1-5,7-9,11,13,18,27H,6,10,12,14-15H2. The number of ether oxygens (including phenoxy) is 1. The minimum Gasteiger partial charge on any atom is -0.508 e. The van der Waals surface area contributed by atoms with E-state index in [-0.39, 0.29) is 30.5 Å². The van der Waals surface area contributed by atoms with Crippen molar-refractivity contribution in [2.24, 2.45) is 0 Å². The summed E-state index contributed by atoms with van der Waals surface area (Å²) >= 11 is 0. The van der Waals surface area contributed by atoms with Crippen LogP contribution in [0.15, 0.2) is 60.7 Å². The molecule has 29 heavy (non-hydrogen) atoms. The van der Waals surface area contributed by atoms with Gasteiger partial charge in [0.1, 0.15) is 5.75 Å². The highest BCUT2D eigenvalue weighted by Gasteiger charge is 2.36. The van der Waals surface area contributed by atoms with E-state index >= 15 is 0 Å². The first kappa shape index (κ1) is 20.9. The number of rotatable bonds is 6. The molecule has 1 fully saturated rings. The van der Waals surface area contributed by atoms with E-state index in [1.165, 1.54) is 35.2 Å². The molecule has 1 saturated heterocycles. The van der Waals surface area contributed by atoms with Gasteiger partial charge in [-0.2, -0.15) is 13.2 Å². The Morgan fingerprint density at radius 2 is 1.83 bits per heavy atom. The maximum atomic E-state index is 13.6. The van der Waals surface area contributed by atoms with Crippen LogP contribution in [0.25, 0.3) is 5.57 Å². The van der Waals surface area contributed by atoms with Crippen LogP contribution in [-0.4, -0.2) is 41.3 Å². The lowest BCUT2D eigenvalue weighted by Crippen LogP contribution is -2.36. The lowest BCUT2D eigenvalue weighted by molar-refractivity contribution is -0.128. The van der Waals surface area contributed by atoms with Crippen LogP contribution >= 0.6 is 0 Å². The molecule has 0 saturated carbocycles. The first-order valence-corrected chi connectivity index (χ1v) is 9.36. The van der Waals surface area contributed by atoms with Gasteiger partial charge in [-0.05, 0) is 24.5 Å². The van der Waals surface area contributed by atoms with Crippen LogP contribution in [-0.2, 0) is 16.1 Å². The van der Waals surface area contributed by atoms with Crippen LogP contribution in [0.1, 0.15) is 24.0 Å². The first-order valence-electron chi connectivity index (χ1n) is 9.36. The highest BCUT2D eigenvalue weighted by Crippen LogP contribution is 2.34. The number of nitrogens with zero attached hydrogens (tertiary/aromatic N) is 1. The molecule has 0 aromatic heterocycles. The third-order valence-electron chi connectivity index (χ3n) is 4.77. The van der Waals surface area contributed by atoms with Gasteiger partial charge in [0, 0.05) is 31.3 Å². The molecule has 2 aromatic carbocycles. The van der Waals surface area contributed by atoms with Crippen LogP contribution in [0.2, 0.25) is 0 Å². The van der Waals surface area contributed by atoms with E-state index in [1.807, 2.05) is 0 Å². The second-order valence-electron chi connectivity index (χ2n) is 6.90. The molecule has 7 heteroatoms. The Kier molecular flexibility index (Phi) is 6.59. The quantitative estimate of drug-likeness (QED) is 0.718. The van der Waals surface area contributed by atoms with Gasteiger partial charge < -0.3 is 14.7 Å². The summed E-state index contributed by atoms with van der Waals surface area (Å²) in [5, 5.41) is 10.0. The number of phenols is 1. The molecule has 0 radical (unpaired) electrons. The summed E-state index contributed by atoms with van der Waals surface area (Å²) in [6.45, 7) is 0.711. The molecular weight excluding hydrogens is 383 g/mol. The summed E-state index contributed by atoms with van der Waals surface area (Å²) in [5.41, 5.74) is -0.619. The zero-order valence-electron chi connectivity index (χ0n) is 15.7. The predicted octanol–water partition coefficient (Wildman–Crippen LogP) is 4.55. The Balaban J connectivity index is 1.91. The Bertz CT molecular complexity index is 859. The molecule has 1 atom stereocenters. The fraction of sp³-hybridized carbons (Fsp3) is 0.318. The van der Waals surface area contributed by atoms with Crippen molar-refractivity contribution in [2.45, 2.75) is 31.7 Å². The first-order chi connectivity index (χ1) is 13.8. The third kappa shape index (κ3) is 5.60. The number of halogens is 3. The van der Waals surface area contributed by atoms with E-state index in [0.717, 1.165) is 12.8 Å². The molecule has 0 aliphatic carbocycles. The van der Waals surface area contributed by atoms with Crippen LogP contribution in [0.4, 0.5) is 13.2 Å². The molecule has 1 aliphatic heterocycles. The predicted molar refractivity (Wildman–Crippen MR) is 103 cm³/mol. The van der Waals surface area contributed by atoms with Gasteiger partial charge in [0.25, 0.3) is 0 Å². The van der Waals surface area contributed by atoms with E-state index in [9.17, 15) is 23.1 Å². The molecule has 1 aliphatic rings. The average Bonchev–Trinajstić information content (AvgIpc) is 3.20. The third-order valence-corrected chi connectivity index (χ3v) is 4.77. The molecule has 2 aromatic rings. The number of carbonyl (C=O) groups excluding carboxylic acids is 1. The summed E-state index contributed by atoms with van der Waals surface area (Å²) in [5.74, 6) is -0.791. The lowest BCUT2D eigenvalue weighted by Gasteiger charge is -2.25. The van der Waals surface area contributed by atoms with Crippen molar-refractivity contribution in [3.05, 3.63) is 71.8 Å². The Labute approximate surface area is 167 Å². The minimum atomic E-state index is -4.68. The van der Waals surface area contributed by atoms with Crippen LogP contribution in [0, 0.1) is 0 Å². The van der Waals surface area contributed by atoms with Crippen molar-refractivity contribution < 1.29 is 27.8 Å². The SMILES string of the molecule is O=C(C=C(c1ccccc1)C(F)(F)F)N(Cc1ccccc1O)CC1CCCO1. The Morgan fingerprint density at radius 1 is 1.14 bits per heavy atom. The fourth-order valence-electron chi connectivity index (χ4n) is 3.28. The summed E-state index contributed by atoms with van der Waals surface area (Å²) in [6.07, 6.45) is -2.70. The van der Waals surface area contributed by atoms with Crippen molar-refractivity contribution in [3.63, 3.8) is 0 Å². The topological polar surface area (TPSA) is 49.8 Å². The summed E-state index contributed by atoms with van der Waals surface area (Å²) in [7, 11) is 0. The van der Waals surface area contributed by atoms with Crippen LogP contribution in [0.5, 0.6) is 5.75 Å². The maximum absolute atomic E-state index is 13.6. The summed E-state index contributed by atoms with van der Waals surface area (Å²) in [6, 6.07) is 13.7. The van der Waals surface area contributed by atoms with Crippen molar-refractivity contribution in [2.75, 3.05) is 13.2 Å². The van der Waals surface area contributed by atoms with Gasteiger partial charge in [-0.15, -0.1) is 0 Å². The number of alkyl halides is 3. The van der Waals surface area contributed by atoms with Crippen molar-refractivity contribution in [3.8, 4) is 5.75 Å². The van der Waals surface area contributed by atoms with Gasteiger partial charge in [-0.1, -0.05) is 48.5 Å². The molecule has 1 heterocycles. The summed E-state index contributed by atoms with van der Waals surface area (Å²) in [4.78, 5) is 14.2. The van der Waals surface area contributed by atoms with Gasteiger partial charge in [0.05, 0.1) is 11.7 Å². The van der Waals surface area contributed by atoms with Crippen LogP contribution < -0.4 is 0 Å². The number of carbonyl (C=O) groups is 1. The zero-order chi connectivity index (χ0) is 20.9. The highest BCUT2D eigenvalue weighted by molar-refractivity contribution is 5.96. The summed E-state index contributed by atoms with van der Waals surface area (Å²) < 4.78 is 46.4. The van der Waals surface area contributed by atoms with Crippen LogP contribution in [0.3, 0.4) is 0 Å². The molecule has 3 rings (SSSR count). The number of allylic oxidation sites excluding steroid dienone is 1. The molecule has 154 valence electrons. The fourth-order valence-corrected chi connectivity index (χ4v) is 3.28. The van der Waals surface area contributed by atoms with E-state index in [2.05, 4.69) is 0 Å². The Morgan fingerprint density at radius 3 is 2.45 bits per heavy atom. The normalized spacial score (nSPS) is 17.3.